The van der Waals surface area contributed by atoms with Gasteiger partial charge in [-0.2, -0.15) is 0 Å². The number of ether oxygens (including phenoxy) is 2. The highest BCUT2D eigenvalue weighted by atomic mass is 16.5. The highest BCUT2D eigenvalue weighted by Crippen LogP contribution is 2.33. The topological polar surface area (TPSA) is 123 Å². The van der Waals surface area contributed by atoms with E-state index < -0.39 is 0 Å². The summed E-state index contributed by atoms with van der Waals surface area (Å²) in [6, 6.07) is 20.0. The zero-order valence-corrected chi connectivity index (χ0v) is 25.1. The lowest BCUT2D eigenvalue weighted by molar-refractivity contribution is -0.118. The molecule has 3 amide bonds. The molecule has 0 bridgehead atoms. The first-order valence-electron chi connectivity index (χ1n) is 15.2. The number of carbonyl (C=O) groups is 3. The van der Waals surface area contributed by atoms with Gasteiger partial charge in [0.1, 0.15) is 11.5 Å². The van der Waals surface area contributed by atoms with Crippen molar-refractivity contribution in [3.63, 3.8) is 0 Å². The molecule has 43 heavy (non-hydrogen) atoms. The van der Waals surface area contributed by atoms with Gasteiger partial charge in [-0.3, -0.25) is 14.4 Å². The third kappa shape index (κ3) is 9.06. The summed E-state index contributed by atoms with van der Waals surface area (Å²) in [4.78, 5) is 39.6. The van der Waals surface area contributed by atoms with Crippen molar-refractivity contribution in [2.75, 3.05) is 30.4 Å². The molecule has 0 saturated heterocycles. The van der Waals surface area contributed by atoms with Gasteiger partial charge in [0.15, 0.2) is 6.61 Å². The molecule has 4 N–H and O–H groups in total. The molecule has 1 saturated carbocycles. The van der Waals surface area contributed by atoms with E-state index in [0.29, 0.717) is 41.4 Å². The molecule has 1 aliphatic heterocycles. The summed E-state index contributed by atoms with van der Waals surface area (Å²) in [6.45, 7) is 5.77. The molecule has 0 aromatic heterocycles. The van der Waals surface area contributed by atoms with Crippen molar-refractivity contribution in [1.82, 2.24) is 4.90 Å². The van der Waals surface area contributed by atoms with Crippen molar-refractivity contribution in [1.29, 1.82) is 0 Å². The SMILES string of the molecule is CC.NCCCCCCOc1ccc(NC(=O)c2ccc(CN(C(=O)c3ccc4c(c3)OCC(=O)N4)C3CC3)cc2)cc1. The number of nitrogens with one attached hydrogen (secondary N) is 2. The van der Waals surface area contributed by atoms with Crippen LogP contribution in [0.25, 0.3) is 0 Å². The van der Waals surface area contributed by atoms with Crippen molar-refractivity contribution >= 4 is 29.1 Å². The number of hydrogen-bond donors (Lipinski definition) is 3. The molecule has 1 fully saturated rings. The predicted molar refractivity (Wildman–Crippen MR) is 169 cm³/mol. The average molecular weight is 587 g/mol. The van der Waals surface area contributed by atoms with Crippen LogP contribution >= 0.6 is 0 Å². The van der Waals surface area contributed by atoms with Gasteiger partial charge in [0, 0.05) is 29.4 Å². The Balaban J connectivity index is 0.00000207. The highest BCUT2D eigenvalue weighted by molar-refractivity contribution is 6.04. The van der Waals surface area contributed by atoms with Crippen LogP contribution in [-0.4, -0.2) is 48.4 Å². The van der Waals surface area contributed by atoms with Gasteiger partial charge in [-0.05, 0) is 92.4 Å². The molecule has 9 heteroatoms. The normalized spacial score (nSPS) is 13.4. The molecule has 9 nitrogen and oxygen atoms in total. The number of amides is 3. The second-order valence-corrected chi connectivity index (χ2v) is 10.4. The summed E-state index contributed by atoms with van der Waals surface area (Å²) < 4.78 is 11.3. The Morgan fingerprint density at radius 2 is 1.65 bits per heavy atom. The van der Waals surface area contributed by atoms with Gasteiger partial charge in [0.25, 0.3) is 17.7 Å². The number of benzene rings is 3. The minimum absolute atomic E-state index is 0.0626. The number of carbonyl (C=O) groups excluding carboxylic acids is 3. The summed E-state index contributed by atoms with van der Waals surface area (Å²) in [6.07, 6.45) is 6.18. The van der Waals surface area contributed by atoms with E-state index in [-0.39, 0.29) is 30.4 Å². The lowest BCUT2D eigenvalue weighted by atomic mass is 10.1. The molecule has 0 unspecified atom stereocenters. The fraction of sp³-hybridized carbons (Fsp3) is 0.382. The van der Waals surface area contributed by atoms with E-state index in [1.54, 1.807) is 30.3 Å². The Morgan fingerprint density at radius 1 is 0.953 bits per heavy atom. The molecule has 3 aromatic rings. The Hall–Kier alpha value is -4.37. The monoisotopic (exact) mass is 586 g/mol. The minimum atomic E-state index is -0.211. The van der Waals surface area contributed by atoms with Crippen LogP contribution < -0.4 is 25.8 Å². The van der Waals surface area contributed by atoms with Crippen LogP contribution in [0.1, 0.15) is 78.7 Å². The van der Waals surface area contributed by atoms with Gasteiger partial charge in [0.2, 0.25) is 0 Å². The van der Waals surface area contributed by atoms with Gasteiger partial charge >= 0.3 is 0 Å². The molecule has 5 rings (SSSR count). The van der Waals surface area contributed by atoms with Crippen molar-refractivity contribution in [3.05, 3.63) is 83.4 Å². The number of hydrogen-bond acceptors (Lipinski definition) is 6. The molecule has 3 aromatic carbocycles. The van der Waals surface area contributed by atoms with Crippen LogP contribution in [0.15, 0.2) is 66.7 Å². The molecule has 0 atom stereocenters. The van der Waals surface area contributed by atoms with E-state index in [0.717, 1.165) is 56.4 Å². The fourth-order valence-electron chi connectivity index (χ4n) is 4.71. The van der Waals surface area contributed by atoms with E-state index in [1.807, 2.05) is 55.1 Å². The maximum Gasteiger partial charge on any atom is 0.262 e. The van der Waals surface area contributed by atoms with Crippen LogP contribution in [0.4, 0.5) is 11.4 Å². The quantitative estimate of drug-likeness (QED) is 0.211. The predicted octanol–water partition coefficient (Wildman–Crippen LogP) is 6.00. The van der Waals surface area contributed by atoms with E-state index in [4.69, 9.17) is 15.2 Å². The third-order valence-corrected chi connectivity index (χ3v) is 7.16. The molecule has 1 heterocycles. The smallest absolute Gasteiger partial charge is 0.262 e. The molecular formula is C34H42N4O5. The number of anilines is 2. The number of rotatable bonds is 13. The van der Waals surface area contributed by atoms with Crippen LogP contribution in [0.5, 0.6) is 11.5 Å². The highest BCUT2D eigenvalue weighted by Gasteiger charge is 2.33. The van der Waals surface area contributed by atoms with Gasteiger partial charge in [-0.25, -0.2) is 0 Å². The van der Waals surface area contributed by atoms with Gasteiger partial charge in [-0.15, -0.1) is 0 Å². The van der Waals surface area contributed by atoms with Crippen molar-refractivity contribution in [2.45, 2.75) is 65.0 Å². The minimum Gasteiger partial charge on any atom is -0.494 e. The van der Waals surface area contributed by atoms with Gasteiger partial charge in [-0.1, -0.05) is 38.8 Å². The van der Waals surface area contributed by atoms with E-state index in [9.17, 15) is 14.4 Å². The van der Waals surface area contributed by atoms with Crippen LogP contribution in [0, 0.1) is 0 Å². The van der Waals surface area contributed by atoms with Crippen molar-refractivity contribution in [2.24, 2.45) is 5.73 Å². The summed E-state index contributed by atoms with van der Waals surface area (Å²) in [5.74, 6) is 0.767. The number of fused-ring (bicyclic) bond motifs is 1. The zero-order chi connectivity index (χ0) is 30.6. The standard InChI is InChI=1S/C32H36N4O5.C2H6/c33-17-3-1-2-4-18-40-27-14-10-25(11-15-27)34-31(38)23-7-5-22(6-8-23)20-36(26-12-13-26)32(39)24-9-16-28-29(19-24)41-21-30(37)35-28;1-2/h5-11,14-16,19,26H,1-4,12-13,17-18,20-21,33H2,(H,34,38)(H,35,37);1-2H3. The summed E-state index contributed by atoms with van der Waals surface area (Å²) >= 11 is 0. The Labute approximate surface area is 253 Å². The molecule has 228 valence electrons. The second kappa shape index (κ2) is 15.7. The van der Waals surface area contributed by atoms with E-state index in [1.165, 1.54) is 0 Å². The molecule has 1 aliphatic carbocycles. The fourth-order valence-corrected chi connectivity index (χ4v) is 4.71. The Kier molecular flexibility index (Phi) is 11.6. The first kappa shape index (κ1) is 31.6. The number of unbranched alkanes of at least 4 members (excludes halogenated alkanes) is 3. The van der Waals surface area contributed by atoms with Crippen molar-refractivity contribution < 1.29 is 23.9 Å². The lowest BCUT2D eigenvalue weighted by Gasteiger charge is -2.24. The molecule has 0 radical (unpaired) electrons. The van der Waals surface area contributed by atoms with Crippen molar-refractivity contribution in [3.8, 4) is 11.5 Å². The summed E-state index contributed by atoms with van der Waals surface area (Å²) in [5.41, 5.74) is 8.76. The molecular weight excluding hydrogens is 544 g/mol. The van der Waals surface area contributed by atoms with Crippen LogP contribution in [-0.2, 0) is 11.3 Å². The van der Waals surface area contributed by atoms with E-state index in [2.05, 4.69) is 10.6 Å². The summed E-state index contributed by atoms with van der Waals surface area (Å²) in [5, 5.41) is 5.67. The van der Waals surface area contributed by atoms with Crippen LogP contribution in [0.2, 0.25) is 0 Å². The molecule has 2 aliphatic rings. The number of nitrogens with two attached hydrogens (primary N) is 1. The molecule has 0 spiro atoms. The first-order chi connectivity index (χ1) is 21.0. The van der Waals surface area contributed by atoms with Crippen LogP contribution in [0.3, 0.4) is 0 Å². The number of nitrogens with zero attached hydrogens (tertiary/aromatic N) is 1. The second-order valence-electron chi connectivity index (χ2n) is 10.4. The van der Waals surface area contributed by atoms with E-state index >= 15 is 0 Å². The van der Waals surface area contributed by atoms with Gasteiger partial charge in [0.05, 0.1) is 12.3 Å². The maximum absolute atomic E-state index is 13.4. The largest absolute Gasteiger partial charge is 0.494 e. The first-order valence-corrected chi connectivity index (χ1v) is 15.2. The van der Waals surface area contributed by atoms with Gasteiger partial charge < -0.3 is 30.7 Å². The maximum atomic E-state index is 13.4. The average Bonchev–Trinajstić information content (AvgIpc) is 3.88. The zero-order valence-electron chi connectivity index (χ0n) is 25.1. The Bertz CT molecular complexity index is 1370. The Morgan fingerprint density at radius 3 is 2.35 bits per heavy atom. The summed E-state index contributed by atoms with van der Waals surface area (Å²) in [7, 11) is 0. The third-order valence-electron chi connectivity index (χ3n) is 7.16. The lowest BCUT2D eigenvalue weighted by Crippen LogP contribution is -2.33.